The number of rotatable bonds is 11. The van der Waals surface area contributed by atoms with Crippen molar-refractivity contribution in [2.24, 2.45) is 0 Å². The van der Waals surface area contributed by atoms with E-state index in [2.05, 4.69) is 66.6 Å². The Morgan fingerprint density at radius 1 is 1.19 bits per heavy atom. The Hall–Kier alpha value is -3.48. The highest BCUT2D eigenvalue weighted by molar-refractivity contribution is 7.90. The van der Waals surface area contributed by atoms with Crippen LogP contribution in [-0.4, -0.2) is 50.2 Å². The first-order valence-corrected chi connectivity index (χ1v) is 18.9. The van der Waals surface area contributed by atoms with Crippen molar-refractivity contribution in [2.75, 3.05) is 11.9 Å². The highest BCUT2D eigenvalue weighted by Gasteiger charge is 2.37. The number of carbonyl (C=O) groups excluding carboxylic acids is 1. The molecule has 10 nitrogen and oxygen atoms in total. The van der Waals surface area contributed by atoms with Gasteiger partial charge in [-0.3, -0.25) is 4.68 Å². The van der Waals surface area contributed by atoms with E-state index in [9.17, 15) is 13.2 Å². The summed E-state index contributed by atoms with van der Waals surface area (Å²) in [6.07, 6.45) is 7.12. The van der Waals surface area contributed by atoms with Gasteiger partial charge in [-0.05, 0) is 86.1 Å². The summed E-state index contributed by atoms with van der Waals surface area (Å²) in [4.78, 5) is 17.5. The van der Waals surface area contributed by atoms with E-state index in [4.69, 9.17) is 9.16 Å². The van der Waals surface area contributed by atoms with Crippen LogP contribution < -0.4 is 14.8 Å². The molecule has 2 amide bonds. The molecule has 3 aromatic rings. The van der Waals surface area contributed by atoms with Gasteiger partial charge in [-0.2, -0.15) is 13.5 Å². The molecule has 0 radical (unpaired) electrons. The van der Waals surface area contributed by atoms with E-state index in [0.29, 0.717) is 18.2 Å². The second-order valence-electron chi connectivity index (χ2n) is 12.6. The molecule has 0 saturated carbocycles. The fourth-order valence-corrected chi connectivity index (χ4v) is 6.42. The average Bonchev–Trinajstić information content (AvgIpc) is 3.61. The van der Waals surface area contributed by atoms with Gasteiger partial charge in [0.15, 0.2) is 13.3 Å². The highest BCUT2D eigenvalue weighted by atomic mass is 32.2. The zero-order valence-electron chi connectivity index (χ0n) is 26.1. The summed E-state index contributed by atoms with van der Waals surface area (Å²) >= 11 is 0. The number of anilines is 1. The number of fused-ring (bicyclic) bond motifs is 1. The molecule has 0 aliphatic heterocycles. The number of hydrogen-bond acceptors (Lipinski definition) is 7. The molecule has 2 heterocycles. The smallest absolute Gasteiger partial charge is 0.333 e. The van der Waals surface area contributed by atoms with E-state index in [0.717, 1.165) is 41.5 Å². The van der Waals surface area contributed by atoms with Gasteiger partial charge in [-0.1, -0.05) is 39.5 Å². The lowest BCUT2D eigenvalue weighted by molar-refractivity contribution is 0.149. The van der Waals surface area contributed by atoms with Gasteiger partial charge in [-0.15, -0.1) is 0 Å². The van der Waals surface area contributed by atoms with Gasteiger partial charge in [-0.25, -0.2) is 14.5 Å². The predicted octanol–water partition coefficient (Wildman–Crippen LogP) is 6.48. The molecular weight excluding hydrogens is 583 g/mol. The fourth-order valence-electron chi connectivity index (χ4n) is 4.57. The van der Waals surface area contributed by atoms with Gasteiger partial charge in [0.2, 0.25) is 5.88 Å². The van der Waals surface area contributed by atoms with Crippen molar-refractivity contribution >= 4 is 30.1 Å². The normalized spacial score (nSPS) is 14.3. The molecule has 1 aliphatic carbocycles. The lowest BCUT2D eigenvalue weighted by Gasteiger charge is -2.36. The molecule has 1 aliphatic rings. The Kier molecular flexibility index (Phi) is 9.53. The van der Waals surface area contributed by atoms with Gasteiger partial charge in [0.1, 0.15) is 6.10 Å². The van der Waals surface area contributed by atoms with Crippen molar-refractivity contribution in [3.05, 3.63) is 66.5 Å². The molecule has 0 bridgehead atoms. The van der Waals surface area contributed by atoms with Crippen molar-refractivity contribution < 1.29 is 22.4 Å². The zero-order valence-corrected chi connectivity index (χ0v) is 27.9. The van der Waals surface area contributed by atoms with Crippen LogP contribution in [0.4, 0.5) is 10.5 Å². The van der Waals surface area contributed by atoms with Crippen LogP contribution in [0.5, 0.6) is 5.88 Å². The first-order chi connectivity index (χ1) is 20.1. The van der Waals surface area contributed by atoms with Crippen LogP contribution in [0.15, 0.2) is 60.4 Å². The maximum atomic E-state index is 13.1. The van der Waals surface area contributed by atoms with Crippen LogP contribution in [0, 0.1) is 0 Å². The number of benzene rings is 1. The zero-order chi connectivity index (χ0) is 31.6. The summed E-state index contributed by atoms with van der Waals surface area (Å²) in [7, 11) is -6.16. The first kappa shape index (κ1) is 32.4. The highest BCUT2D eigenvalue weighted by Crippen LogP contribution is 2.39. The molecular formula is C31H43N5O5SSi. The van der Waals surface area contributed by atoms with E-state index in [1.165, 1.54) is 10.7 Å². The maximum absolute atomic E-state index is 13.1. The number of ether oxygens (including phenoxy) is 1. The summed E-state index contributed by atoms with van der Waals surface area (Å²) in [5, 5.41) is 6.77. The predicted molar refractivity (Wildman–Crippen MR) is 171 cm³/mol. The quantitative estimate of drug-likeness (QED) is 0.185. The van der Waals surface area contributed by atoms with Gasteiger partial charge < -0.3 is 14.5 Å². The summed E-state index contributed by atoms with van der Waals surface area (Å²) < 4.78 is 42.0. The number of sulfonamides is 1. The minimum absolute atomic E-state index is 0.0204. The summed E-state index contributed by atoms with van der Waals surface area (Å²) in [5.74, 6) is 0.389. The molecule has 4 rings (SSSR count). The number of carbonyl (C=O) groups is 1. The molecule has 2 N–H and O–H groups in total. The van der Waals surface area contributed by atoms with Gasteiger partial charge in [0, 0.05) is 30.1 Å². The molecule has 2 aromatic heterocycles. The van der Waals surface area contributed by atoms with Crippen LogP contribution in [0.3, 0.4) is 0 Å². The van der Waals surface area contributed by atoms with Crippen LogP contribution in [0.2, 0.25) is 18.1 Å². The molecule has 0 fully saturated rings. The summed E-state index contributed by atoms with van der Waals surface area (Å²) in [6, 6.07) is 8.11. The average molecular weight is 626 g/mol. The lowest BCUT2D eigenvalue weighted by atomic mass is 9.98. The van der Waals surface area contributed by atoms with Crippen LogP contribution in [0.1, 0.15) is 58.2 Å². The maximum Gasteiger partial charge on any atom is 0.333 e. The molecule has 43 heavy (non-hydrogen) atoms. The number of pyridine rings is 1. The Bertz CT molecular complexity index is 1590. The first-order valence-electron chi connectivity index (χ1n) is 14.5. The molecule has 232 valence electrons. The van der Waals surface area contributed by atoms with Gasteiger partial charge in [0.05, 0.1) is 12.3 Å². The van der Waals surface area contributed by atoms with Crippen molar-refractivity contribution in [3.63, 3.8) is 0 Å². The van der Waals surface area contributed by atoms with E-state index in [-0.39, 0.29) is 16.1 Å². The molecule has 1 unspecified atom stereocenters. The van der Waals surface area contributed by atoms with Crippen molar-refractivity contribution in [1.29, 1.82) is 0 Å². The standard InChI is InChI=1S/C31H43N5O5SSi/c1-9-24(20-40-43(7,8)31(4,5)6)41-27-19-23(15-17-32-27)26-14-13-22-11-10-12-25(22)29(26)33-30(37)35-42(38,39)28-16-18-36(34-28)21(2)3/h9,13-19,21,24H,1,10-12,20H2,2-8H3,(H2,33,35,37). The van der Waals surface area contributed by atoms with Gasteiger partial charge in [0.25, 0.3) is 10.0 Å². The Labute approximate surface area is 256 Å². The van der Waals surface area contributed by atoms with Crippen LogP contribution in [0.25, 0.3) is 11.1 Å². The number of nitrogens with zero attached hydrogens (tertiary/aromatic N) is 3. The number of nitrogens with one attached hydrogen (secondary N) is 2. The van der Waals surface area contributed by atoms with Gasteiger partial charge >= 0.3 is 6.03 Å². The van der Waals surface area contributed by atoms with Crippen molar-refractivity contribution in [3.8, 4) is 17.0 Å². The molecule has 12 heteroatoms. The Morgan fingerprint density at radius 3 is 2.58 bits per heavy atom. The molecule has 0 spiro atoms. The van der Waals surface area contributed by atoms with E-state index in [1.54, 1.807) is 24.5 Å². The third-order valence-corrected chi connectivity index (χ3v) is 13.9. The molecule has 1 atom stereocenters. The minimum atomic E-state index is -4.17. The van der Waals surface area contributed by atoms with Crippen molar-refractivity contribution in [2.45, 2.75) is 89.2 Å². The SMILES string of the molecule is C=CC(CO[Si](C)(C)C(C)(C)C)Oc1cc(-c2ccc3c(c2NC(=O)NS(=O)(=O)c2ccn(C(C)C)n2)CCC3)ccn1. The number of hydrogen-bond donors (Lipinski definition) is 2. The topological polar surface area (TPSA) is 124 Å². The second-order valence-corrected chi connectivity index (χ2v) is 19.1. The van der Waals surface area contributed by atoms with E-state index >= 15 is 0 Å². The number of aryl methyl sites for hydroxylation is 1. The Morgan fingerprint density at radius 2 is 1.93 bits per heavy atom. The monoisotopic (exact) mass is 625 g/mol. The second kappa shape index (κ2) is 12.6. The third-order valence-electron chi connectivity index (χ3n) is 8.13. The largest absolute Gasteiger partial charge is 0.468 e. The van der Waals surface area contributed by atoms with E-state index < -0.39 is 30.5 Å². The summed E-state index contributed by atoms with van der Waals surface area (Å²) in [6.45, 7) is 19.0. The summed E-state index contributed by atoms with van der Waals surface area (Å²) in [5.41, 5.74) is 4.17. The van der Waals surface area contributed by atoms with E-state index in [1.807, 2.05) is 26.0 Å². The molecule has 0 saturated heterocycles. The number of aromatic nitrogens is 3. The molecule has 1 aromatic carbocycles. The Balaban J connectivity index is 1.57. The van der Waals surface area contributed by atoms with Crippen molar-refractivity contribution in [1.82, 2.24) is 19.5 Å². The fraction of sp³-hybridized carbons (Fsp3) is 0.452. The third kappa shape index (κ3) is 7.54. The lowest BCUT2D eigenvalue weighted by Crippen LogP contribution is -2.43. The van der Waals surface area contributed by atoms with Crippen LogP contribution in [-0.2, 0) is 27.3 Å². The number of urea groups is 1. The van der Waals surface area contributed by atoms with Crippen LogP contribution >= 0.6 is 0 Å². The number of amides is 2. The minimum Gasteiger partial charge on any atom is -0.468 e.